The molecule has 0 unspecified atom stereocenters. The number of fused-ring (bicyclic) bond motifs is 2. The van der Waals surface area contributed by atoms with Gasteiger partial charge < -0.3 is 41.1 Å². The normalized spacial score (nSPS) is 17.2. The van der Waals surface area contributed by atoms with Crippen molar-refractivity contribution in [2.24, 2.45) is 0 Å². The predicted octanol–water partition coefficient (Wildman–Crippen LogP) is 6.34. The van der Waals surface area contributed by atoms with Gasteiger partial charge in [0.2, 0.25) is 9.05 Å². The fraction of sp³-hybridized carbons (Fsp3) is 0.404. The summed E-state index contributed by atoms with van der Waals surface area (Å²) in [5, 5.41) is 15.2. The van der Waals surface area contributed by atoms with Crippen LogP contribution in [-0.4, -0.2) is 119 Å². The van der Waals surface area contributed by atoms with E-state index in [9.17, 15) is 54.3 Å². The maximum absolute atomic E-state index is 13.9. The van der Waals surface area contributed by atoms with Gasteiger partial charge in [-0.05, 0) is 91.4 Å². The quantitative estimate of drug-likeness (QED) is 0.0945. The maximum atomic E-state index is 13.9. The summed E-state index contributed by atoms with van der Waals surface area (Å²) in [6.45, 7) is 2.39. The van der Waals surface area contributed by atoms with E-state index in [-0.39, 0.29) is 59.1 Å². The molecule has 4 aliphatic heterocycles. The van der Waals surface area contributed by atoms with Gasteiger partial charge in [0.05, 0.1) is 28.8 Å². The summed E-state index contributed by atoms with van der Waals surface area (Å²) in [6, 6.07) is 17.1. The Morgan fingerprint density at radius 2 is 1.09 bits per heavy atom. The molecular weight excluding hydrogens is 963 g/mol. The third-order valence-corrected chi connectivity index (χ3v) is 13.9. The van der Waals surface area contributed by atoms with Gasteiger partial charge in [0.25, 0.3) is 0 Å². The number of Topliss-reactive ketones (excluding diaryl/α,β-unsaturated/α-hetero) is 2. The Balaban J connectivity index is 0.000000208. The molecule has 22 heteroatoms. The van der Waals surface area contributed by atoms with Gasteiger partial charge in [-0.15, -0.1) is 0 Å². The summed E-state index contributed by atoms with van der Waals surface area (Å²) in [7, 11) is 1.76. The second-order valence-corrected chi connectivity index (χ2v) is 23.1. The van der Waals surface area contributed by atoms with Crippen molar-refractivity contribution in [3.05, 3.63) is 118 Å². The van der Waals surface area contributed by atoms with E-state index >= 15 is 0 Å². The van der Waals surface area contributed by atoms with Crippen molar-refractivity contribution in [1.82, 2.24) is 20.4 Å². The zero-order valence-electron chi connectivity index (χ0n) is 38.5. The number of hydrogen-bond acceptors (Lipinski definition) is 12. The Hall–Kier alpha value is -6.06. The lowest BCUT2D eigenvalue weighted by molar-refractivity contribution is 0.0879. The molecule has 16 nitrogen and oxygen atoms in total. The predicted molar refractivity (Wildman–Crippen MR) is 257 cm³/mol. The number of carbonyl (C=O) groups is 4. The number of ketones is 2. The average molecular weight is 1020 g/mol. The van der Waals surface area contributed by atoms with Crippen LogP contribution in [0.3, 0.4) is 0 Å². The molecule has 5 N–H and O–H groups in total. The first-order valence-corrected chi connectivity index (χ1v) is 26.6. The minimum absolute atomic E-state index is 0.0156. The van der Waals surface area contributed by atoms with Crippen molar-refractivity contribution in [3.63, 3.8) is 0 Å². The lowest BCUT2D eigenvalue weighted by Crippen LogP contribution is -2.59. The largest absolute Gasteiger partial charge is 0.506 e. The van der Waals surface area contributed by atoms with E-state index in [1.165, 1.54) is 48.5 Å². The van der Waals surface area contributed by atoms with Crippen LogP contribution in [-0.2, 0) is 37.7 Å². The third-order valence-electron chi connectivity index (χ3n) is 13.1. The van der Waals surface area contributed by atoms with E-state index in [1.54, 1.807) is 34.1 Å². The van der Waals surface area contributed by atoms with Gasteiger partial charge in [-0.1, -0.05) is 18.2 Å². The summed E-state index contributed by atoms with van der Waals surface area (Å²) in [4.78, 5) is 58.2. The Kier molecular flexibility index (Phi) is 15.8. The highest BCUT2D eigenvalue weighted by atomic mass is 35.7. The number of benzene rings is 4. The van der Waals surface area contributed by atoms with E-state index in [0.717, 1.165) is 23.8 Å². The highest BCUT2D eigenvalue weighted by Crippen LogP contribution is 2.43. The van der Waals surface area contributed by atoms with Crippen molar-refractivity contribution in [1.29, 1.82) is 0 Å². The van der Waals surface area contributed by atoms with Crippen LogP contribution in [0.15, 0.2) is 72.8 Å². The molecule has 0 atom stereocenters. The molecule has 372 valence electrons. The van der Waals surface area contributed by atoms with Crippen molar-refractivity contribution >= 4 is 70.3 Å². The lowest BCUT2D eigenvalue weighted by atomic mass is 9.77. The number of phenolic OH excluding ortho intramolecular Hbond substituents is 1. The van der Waals surface area contributed by atoms with Crippen LogP contribution in [0.25, 0.3) is 0 Å². The maximum Gasteiger partial charge on any atom is 0.317 e. The van der Waals surface area contributed by atoms with Crippen LogP contribution in [0.5, 0.6) is 5.75 Å². The van der Waals surface area contributed by atoms with E-state index < -0.39 is 47.6 Å². The number of aromatic hydroxyl groups is 1. The summed E-state index contributed by atoms with van der Waals surface area (Å²) in [6.07, 6.45) is 5.06. The number of nitrogens with zero attached hydrogens (tertiary/aromatic N) is 4. The Morgan fingerprint density at radius 3 is 1.49 bits per heavy atom. The number of rotatable bonds is 6. The number of likely N-dealkylation sites (tertiary alicyclic amines) is 2. The first-order chi connectivity index (χ1) is 32.3. The van der Waals surface area contributed by atoms with Crippen LogP contribution < -0.4 is 26.2 Å². The number of carbonyl (C=O) groups excluding carboxylic acids is 4. The zero-order valence-corrected chi connectivity index (χ0v) is 40.9. The summed E-state index contributed by atoms with van der Waals surface area (Å²) < 4.78 is 82.9. The average Bonchev–Trinajstić information content (AvgIpc) is 3.27. The van der Waals surface area contributed by atoms with Gasteiger partial charge in [0.1, 0.15) is 23.2 Å². The van der Waals surface area contributed by atoms with Crippen molar-refractivity contribution < 1.29 is 54.3 Å². The zero-order chi connectivity index (χ0) is 50.6. The number of urea groups is 2. The number of sulfone groups is 1. The molecule has 4 aromatic rings. The topological polar surface area (TPSA) is 220 Å². The first kappa shape index (κ1) is 52.3. The number of phenols is 1. The molecule has 4 amide bonds. The molecule has 0 radical (unpaired) electrons. The van der Waals surface area contributed by atoms with Crippen LogP contribution in [0.1, 0.15) is 75.9 Å². The molecule has 4 heterocycles. The molecule has 0 bridgehead atoms. The molecule has 8 rings (SSSR count). The summed E-state index contributed by atoms with van der Waals surface area (Å²) >= 11 is 0. The van der Waals surface area contributed by atoms with Gasteiger partial charge >= 0.3 is 12.1 Å². The summed E-state index contributed by atoms with van der Waals surface area (Å²) in [5.41, 5.74) is 8.92. The lowest BCUT2D eigenvalue weighted by Gasteiger charge is -2.50. The van der Waals surface area contributed by atoms with Crippen molar-refractivity contribution in [2.45, 2.75) is 68.4 Å². The Morgan fingerprint density at radius 1 is 0.681 bits per heavy atom. The number of nitrogens with two attached hydrogens (primary N) is 1. The highest BCUT2D eigenvalue weighted by molar-refractivity contribution is 8.13. The van der Waals surface area contributed by atoms with Crippen molar-refractivity contribution in [3.8, 4) is 5.75 Å². The van der Waals surface area contributed by atoms with E-state index in [1.807, 2.05) is 19.0 Å². The fourth-order valence-electron chi connectivity index (χ4n) is 9.29. The summed E-state index contributed by atoms with van der Waals surface area (Å²) in [5.74, 6) is -1.98. The molecule has 69 heavy (non-hydrogen) atoms. The minimum Gasteiger partial charge on any atom is -0.506 e. The fourth-order valence-corrected chi connectivity index (χ4v) is 10.1. The van der Waals surface area contributed by atoms with Crippen LogP contribution in [0.2, 0.25) is 0 Å². The standard InChI is InChI=1S/C24H27F2N3O4S.C22H25FN4O3.CH3ClO2S/c1-28-21-6-4-18(25)12-19(21)22(30)13-24(28)7-9-29(10-8-24)23(31)27-14-16-3-5-20(26)17(11-16)15-34(2,32)33;1-26-18-4-3-15(23)11-16(18)20(29)12-22(26)6-8-27(9-7-22)21(30)25-13-14-2-5-19(28)17(24)10-14;1-5(2,3)4/h3-6,11-12H,7-10,13-15H2,1-2H3,(H,27,31);2-5,10-11,28H,6-9,12-13,24H2,1H3,(H,25,30);1H3. The molecule has 4 aliphatic rings. The van der Waals surface area contributed by atoms with E-state index in [4.69, 9.17) is 5.73 Å². The molecule has 0 saturated carbocycles. The molecule has 4 aromatic carbocycles. The molecule has 2 spiro atoms. The van der Waals surface area contributed by atoms with Gasteiger partial charge in [0, 0.05) is 111 Å². The number of anilines is 3. The number of amides is 4. The second kappa shape index (κ2) is 20.9. The molecular formula is C47H55ClF3N7O9S2. The Bertz CT molecular complexity index is 2850. The van der Waals surface area contributed by atoms with Crippen molar-refractivity contribution in [2.75, 3.05) is 68.3 Å². The third kappa shape index (κ3) is 13.0. The number of halogens is 4. The van der Waals surface area contributed by atoms with Gasteiger partial charge in [0.15, 0.2) is 21.4 Å². The molecule has 2 fully saturated rings. The van der Waals surface area contributed by atoms with E-state index in [2.05, 4.69) is 26.2 Å². The number of hydrogen-bond donors (Lipinski definition) is 4. The monoisotopic (exact) mass is 1020 g/mol. The van der Waals surface area contributed by atoms with Crippen LogP contribution >= 0.6 is 10.7 Å². The van der Waals surface area contributed by atoms with Crippen LogP contribution in [0.4, 0.5) is 39.8 Å². The SMILES string of the molecule is CN1c2ccc(F)cc2C(=O)CC12CCN(C(=O)NCc1ccc(F)c(CS(C)(=O)=O)c1)CC2.CN1c2ccc(F)cc2C(=O)CC12CCN(C(=O)NCc1ccc(O)c(N)c1)CC2.CS(=O)(=O)Cl. The second-order valence-electron chi connectivity index (χ2n) is 18.0. The van der Waals surface area contributed by atoms with Gasteiger partial charge in [-0.3, -0.25) is 9.59 Å². The minimum atomic E-state index is -3.39. The Labute approximate surface area is 403 Å². The number of nitrogens with one attached hydrogen (secondary N) is 2. The molecule has 0 aliphatic carbocycles. The van der Waals surface area contributed by atoms with Gasteiger partial charge in [-0.2, -0.15) is 0 Å². The molecule has 0 aromatic heterocycles. The number of piperidine rings is 2. The molecule has 2 saturated heterocycles. The first-order valence-electron chi connectivity index (χ1n) is 21.9. The van der Waals surface area contributed by atoms with Crippen LogP contribution in [0, 0.1) is 17.5 Å². The van der Waals surface area contributed by atoms with E-state index in [0.29, 0.717) is 87.2 Å². The van der Waals surface area contributed by atoms with Gasteiger partial charge in [-0.25, -0.2) is 39.6 Å². The number of nitrogen functional groups attached to an aromatic ring is 1. The highest BCUT2D eigenvalue weighted by Gasteiger charge is 2.46. The smallest absolute Gasteiger partial charge is 0.317 e.